The maximum absolute atomic E-state index is 13.5. The van der Waals surface area contributed by atoms with Gasteiger partial charge in [-0.1, -0.05) is 18.2 Å². The Hall–Kier alpha value is -4.48. The number of para-hydroxylation sites is 1. The number of hydrogen-bond acceptors (Lipinski definition) is 6. The van der Waals surface area contributed by atoms with E-state index < -0.39 is 11.8 Å². The van der Waals surface area contributed by atoms with Crippen molar-refractivity contribution >= 4 is 17.9 Å². The molecule has 0 fully saturated rings. The van der Waals surface area contributed by atoms with Crippen LogP contribution in [0.3, 0.4) is 0 Å². The van der Waals surface area contributed by atoms with Crippen LogP contribution in [0.25, 0.3) is 23.0 Å². The van der Waals surface area contributed by atoms with Crippen molar-refractivity contribution < 1.29 is 19.1 Å². The molecule has 2 aromatic carbocycles. The second kappa shape index (κ2) is 11.7. The summed E-state index contributed by atoms with van der Waals surface area (Å²) in [5.41, 5.74) is 4.67. The molecule has 1 aromatic heterocycles. The van der Waals surface area contributed by atoms with Crippen LogP contribution in [0.2, 0.25) is 0 Å². The smallest absolute Gasteiger partial charge is 0.271 e. The number of aromatic nitrogens is 2. The lowest BCUT2D eigenvalue weighted by atomic mass is 9.92. The summed E-state index contributed by atoms with van der Waals surface area (Å²) in [5, 5.41) is 14.6. The highest BCUT2D eigenvalue weighted by Gasteiger charge is 2.35. The number of nitrogens with zero attached hydrogens (tertiary/aromatic N) is 4. The fourth-order valence-electron chi connectivity index (χ4n) is 4.43. The first kappa shape index (κ1) is 26.6. The fourth-order valence-corrected chi connectivity index (χ4v) is 4.43. The van der Waals surface area contributed by atoms with Gasteiger partial charge in [-0.3, -0.25) is 14.5 Å². The predicted octanol–water partition coefficient (Wildman–Crippen LogP) is 4.88. The maximum atomic E-state index is 13.5. The molecule has 0 unspecified atom stereocenters. The van der Waals surface area contributed by atoms with Crippen molar-refractivity contribution in [2.24, 2.45) is 0 Å². The highest BCUT2D eigenvalue weighted by Crippen LogP contribution is 2.33. The Labute approximate surface area is 222 Å². The van der Waals surface area contributed by atoms with Crippen molar-refractivity contribution in [3.63, 3.8) is 0 Å². The van der Waals surface area contributed by atoms with Gasteiger partial charge in [0.25, 0.3) is 11.8 Å². The molecule has 1 aliphatic heterocycles. The molecule has 8 nitrogen and oxygen atoms in total. The standard InChI is InChI=1S/C30H30N4O4/c1-5-38-24-12-13-25(20(2)16-24)28-22(19-34(32-28)23-10-7-6-8-11-23)17-26-21(3)27(18-31)30(36)33(29(26)35)14-9-15-37-4/h6-8,10-13,16-17,19H,5,9,14-15H2,1-4H3/b26-17+. The summed E-state index contributed by atoms with van der Waals surface area (Å²) in [7, 11) is 1.56. The SMILES string of the molecule is CCOc1ccc(-c2nn(-c3ccccc3)cc2/C=C2/C(=O)N(CCCOC)C(=O)C(C#N)=C2C)c(C)c1. The van der Waals surface area contributed by atoms with Crippen molar-refractivity contribution in [1.29, 1.82) is 5.26 Å². The normalized spacial score (nSPS) is 14.8. The predicted molar refractivity (Wildman–Crippen MR) is 144 cm³/mol. The molecule has 194 valence electrons. The van der Waals surface area contributed by atoms with Gasteiger partial charge in [0.2, 0.25) is 0 Å². The minimum absolute atomic E-state index is 0.0393. The second-order valence-electron chi connectivity index (χ2n) is 8.90. The Morgan fingerprint density at radius 3 is 2.50 bits per heavy atom. The average Bonchev–Trinajstić information content (AvgIpc) is 3.33. The molecule has 0 spiro atoms. The zero-order valence-corrected chi connectivity index (χ0v) is 22.0. The lowest BCUT2D eigenvalue weighted by molar-refractivity contribution is -0.140. The first-order valence-electron chi connectivity index (χ1n) is 12.5. The largest absolute Gasteiger partial charge is 0.494 e. The molecular weight excluding hydrogens is 480 g/mol. The molecule has 0 radical (unpaired) electrons. The van der Waals surface area contributed by atoms with E-state index in [-0.39, 0.29) is 17.7 Å². The third-order valence-corrected chi connectivity index (χ3v) is 6.38. The van der Waals surface area contributed by atoms with Crippen LogP contribution in [-0.2, 0) is 14.3 Å². The van der Waals surface area contributed by atoms with E-state index in [2.05, 4.69) is 0 Å². The number of amides is 2. The number of carbonyl (C=O) groups is 2. The monoisotopic (exact) mass is 510 g/mol. The number of nitriles is 1. The van der Waals surface area contributed by atoms with Gasteiger partial charge in [-0.05, 0) is 74.7 Å². The maximum Gasteiger partial charge on any atom is 0.271 e. The van der Waals surface area contributed by atoms with E-state index in [9.17, 15) is 14.9 Å². The van der Waals surface area contributed by atoms with Gasteiger partial charge in [-0.15, -0.1) is 0 Å². The topological polar surface area (TPSA) is 97.4 Å². The van der Waals surface area contributed by atoms with Crippen molar-refractivity contribution in [2.45, 2.75) is 27.2 Å². The van der Waals surface area contributed by atoms with Crippen molar-refractivity contribution in [2.75, 3.05) is 26.9 Å². The van der Waals surface area contributed by atoms with E-state index in [0.717, 1.165) is 27.5 Å². The molecule has 4 rings (SSSR count). The minimum Gasteiger partial charge on any atom is -0.494 e. The molecule has 0 aliphatic carbocycles. The van der Waals surface area contributed by atoms with Crippen molar-refractivity contribution in [1.82, 2.24) is 14.7 Å². The van der Waals surface area contributed by atoms with Gasteiger partial charge in [0.15, 0.2) is 0 Å². The van der Waals surface area contributed by atoms with Crippen LogP contribution in [0.5, 0.6) is 5.75 Å². The van der Waals surface area contributed by atoms with E-state index in [1.54, 1.807) is 24.8 Å². The van der Waals surface area contributed by atoms with Crippen LogP contribution in [0.15, 0.2) is 71.4 Å². The van der Waals surface area contributed by atoms with E-state index in [1.807, 2.05) is 74.6 Å². The molecule has 3 aromatic rings. The second-order valence-corrected chi connectivity index (χ2v) is 8.90. The van der Waals surface area contributed by atoms with Crippen molar-refractivity contribution in [3.8, 4) is 28.8 Å². The third-order valence-electron chi connectivity index (χ3n) is 6.38. The van der Waals surface area contributed by atoms with Crippen LogP contribution in [0, 0.1) is 18.3 Å². The average molecular weight is 511 g/mol. The highest BCUT2D eigenvalue weighted by atomic mass is 16.5. The van der Waals surface area contributed by atoms with Crippen LogP contribution in [-0.4, -0.2) is 53.4 Å². The van der Waals surface area contributed by atoms with Gasteiger partial charge in [-0.2, -0.15) is 10.4 Å². The van der Waals surface area contributed by atoms with E-state index in [0.29, 0.717) is 36.5 Å². The molecule has 0 N–H and O–H groups in total. The highest BCUT2D eigenvalue weighted by molar-refractivity contribution is 6.19. The Bertz CT molecular complexity index is 1460. The van der Waals surface area contributed by atoms with Crippen LogP contribution in [0.4, 0.5) is 0 Å². The molecule has 1 aliphatic rings. The lowest BCUT2D eigenvalue weighted by Gasteiger charge is -2.27. The molecule has 38 heavy (non-hydrogen) atoms. The Morgan fingerprint density at radius 2 is 1.84 bits per heavy atom. The van der Waals surface area contributed by atoms with Gasteiger partial charge in [-0.25, -0.2) is 4.68 Å². The minimum atomic E-state index is -0.578. The van der Waals surface area contributed by atoms with E-state index in [1.165, 1.54) is 0 Å². The number of methoxy groups -OCH3 is 1. The number of rotatable bonds is 9. The summed E-state index contributed by atoms with van der Waals surface area (Å²) in [5.74, 6) is -0.253. The Kier molecular flexibility index (Phi) is 8.19. The molecule has 0 saturated heterocycles. The van der Waals surface area contributed by atoms with Gasteiger partial charge in [0, 0.05) is 43.2 Å². The van der Waals surface area contributed by atoms with Crippen LogP contribution >= 0.6 is 0 Å². The number of ether oxygens (including phenoxy) is 2. The first-order valence-corrected chi connectivity index (χ1v) is 12.5. The van der Waals surface area contributed by atoms with Crippen LogP contribution < -0.4 is 4.74 Å². The van der Waals surface area contributed by atoms with Gasteiger partial charge < -0.3 is 9.47 Å². The van der Waals surface area contributed by atoms with Crippen molar-refractivity contribution in [3.05, 3.63) is 82.6 Å². The quantitative estimate of drug-likeness (QED) is 0.231. The van der Waals surface area contributed by atoms with E-state index in [4.69, 9.17) is 14.6 Å². The first-order chi connectivity index (χ1) is 18.4. The number of benzene rings is 2. The number of hydrogen-bond donors (Lipinski definition) is 0. The molecule has 0 atom stereocenters. The molecule has 8 heteroatoms. The zero-order chi connectivity index (χ0) is 27.2. The molecule has 0 bridgehead atoms. The van der Waals surface area contributed by atoms with Gasteiger partial charge in [0.1, 0.15) is 23.1 Å². The third kappa shape index (κ3) is 5.29. The molecular formula is C30H30N4O4. The Balaban J connectivity index is 1.88. The molecule has 2 amide bonds. The lowest BCUT2D eigenvalue weighted by Crippen LogP contribution is -2.43. The summed E-state index contributed by atoms with van der Waals surface area (Å²) < 4.78 is 12.5. The molecule has 0 saturated carbocycles. The summed E-state index contributed by atoms with van der Waals surface area (Å²) in [6.07, 6.45) is 4.05. The summed E-state index contributed by atoms with van der Waals surface area (Å²) in [4.78, 5) is 27.6. The van der Waals surface area contributed by atoms with Gasteiger partial charge >= 0.3 is 0 Å². The summed E-state index contributed by atoms with van der Waals surface area (Å²) >= 11 is 0. The fraction of sp³-hybridized carbons (Fsp3) is 0.267. The van der Waals surface area contributed by atoms with E-state index >= 15 is 0 Å². The zero-order valence-electron chi connectivity index (χ0n) is 22.0. The number of carbonyl (C=O) groups excluding carboxylic acids is 2. The van der Waals surface area contributed by atoms with Crippen LogP contribution in [0.1, 0.15) is 31.4 Å². The summed E-state index contributed by atoms with van der Waals surface area (Å²) in [6.45, 7) is 6.67. The van der Waals surface area contributed by atoms with Gasteiger partial charge in [0.05, 0.1) is 12.3 Å². The summed E-state index contributed by atoms with van der Waals surface area (Å²) in [6, 6.07) is 17.5. The molecule has 2 heterocycles. The number of aryl methyl sites for hydroxylation is 1. The Morgan fingerprint density at radius 1 is 1.08 bits per heavy atom. The number of imide groups is 1.